The lowest BCUT2D eigenvalue weighted by Crippen LogP contribution is -2.36. The highest BCUT2D eigenvalue weighted by molar-refractivity contribution is 5.89. The highest BCUT2D eigenvalue weighted by Gasteiger charge is 2.16. The number of esters is 1. The van der Waals surface area contributed by atoms with Crippen LogP contribution < -0.4 is 10.9 Å². The summed E-state index contributed by atoms with van der Waals surface area (Å²) in [5.41, 5.74) is 0.630. The van der Waals surface area contributed by atoms with E-state index in [0.717, 1.165) is 10.2 Å². The molecule has 7 heteroatoms. The van der Waals surface area contributed by atoms with Crippen molar-refractivity contribution in [2.24, 2.45) is 0 Å². The lowest BCUT2D eigenvalue weighted by molar-refractivity contribution is -0.122. The molecule has 1 heterocycles. The predicted molar refractivity (Wildman–Crippen MR) is 87.5 cm³/mol. The highest BCUT2D eigenvalue weighted by atomic mass is 16.5. The number of rotatable bonds is 6. The van der Waals surface area contributed by atoms with E-state index in [1.54, 1.807) is 13.8 Å². The number of nitrogens with one attached hydrogen (secondary N) is 1. The summed E-state index contributed by atoms with van der Waals surface area (Å²) in [5, 5.41) is 6.72. The molecule has 0 aliphatic rings. The van der Waals surface area contributed by atoms with E-state index in [9.17, 15) is 14.4 Å². The smallest absolute Gasteiger partial charge is 0.343 e. The molecule has 1 amide bonds. The van der Waals surface area contributed by atoms with Gasteiger partial charge >= 0.3 is 5.97 Å². The fraction of sp³-hybridized carbons (Fsp3) is 0.294. The number of amides is 1. The van der Waals surface area contributed by atoms with E-state index in [1.807, 2.05) is 30.3 Å². The van der Waals surface area contributed by atoms with Crippen molar-refractivity contribution in [3.8, 4) is 0 Å². The van der Waals surface area contributed by atoms with Crippen molar-refractivity contribution in [2.45, 2.75) is 26.9 Å². The fourth-order valence-corrected chi connectivity index (χ4v) is 2.13. The number of benzene rings is 1. The maximum Gasteiger partial charge on any atom is 0.343 e. The fourth-order valence-electron chi connectivity index (χ4n) is 2.13. The average Bonchev–Trinajstić information content (AvgIpc) is 2.57. The van der Waals surface area contributed by atoms with Gasteiger partial charge in [0.25, 0.3) is 5.56 Å². The lowest BCUT2D eigenvalue weighted by Gasteiger charge is -2.09. The van der Waals surface area contributed by atoms with Crippen LogP contribution in [0.3, 0.4) is 0 Å². The zero-order valence-electron chi connectivity index (χ0n) is 13.6. The topological polar surface area (TPSA) is 90.3 Å². The van der Waals surface area contributed by atoms with Gasteiger partial charge < -0.3 is 10.1 Å². The Labute approximate surface area is 139 Å². The molecular weight excluding hydrogens is 310 g/mol. The van der Waals surface area contributed by atoms with Gasteiger partial charge in [-0.15, -0.1) is 0 Å². The van der Waals surface area contributed by atoms with Gasteiger partial charge in [0.1, 0.15) is 12.1 Å². The van der Waals surface area contributed by atoms with Crippen molar-refractivity contribution in [1.29, 1.82) is 0 Å². The summed E-state index contributed by atoms with van der Waals surface area (Å²) < 4.78 is 5.82. The maximum atomic E-state index is 12.3. The molecule has 24 heavy (non-hydrogen) atoms. The molecule has 0 aliphatic carbocycles. The van der Waals surface area contributed by atoms with Crippen molar-refractivity contribution in [3.63, 3.8) is 0 Å². The molecule has 0 saturated heterocycles. The predicted octanol–water partition coefficient (Wildman–Crippen LogP) is 1.04. The minimum atomic E-state index is -0.716. The first kappa shape index (κ1) is 17.4. The molecule has 0 atom stereocenters. The third kappa shape index (κ3) is 4.52. The molecule has 1 aromatic heterocycles. The van der Waals surface area contributed by atoms with Crippen LogP contribution in [0.5, 0.6) is 0 Å². The number of carbonyl (C=O) groups excluding carboxylic acids is 2. The second-order valence-electron chi connectivity index (χ2n) is 5.14. The van der Waals surface area contributed by atoms with Gasteiger partial charge in [-0.05, 0) is 25.5 Å². The van der Waals surface area contributed by atoms with Gasteiger partial charge in [-0.25, -0.2) is 9.48 Å². The summed E-state index contributed by atoms with van der Waals surface area (Å²) in [7, 11) is 0. The van der Waals surface area contributed by atoms with Crippen LogP contribution in [0.15, 0.2) is 41.2 Å². The Morgan fingerprint density at radius 2 is 1.96 bits per heavy atom. The summed E-state index contributed by atoms with van der Waals surface area (Å²) in [6.07, 6.45) is 0. The number of hydrogen-bond acceptors (Lipinski definition) is 5. The molecule has 0 radical (unpaired) electrons. The summed E-state index contributed by atoms with van der Waals surface area (Å²) in [6.45, 7) is 3.55. The summed E-state index contributed by atoms with van der Waals surface area (Å²) in [5.74, 6) is -1.08. The molecule has 126 valence electrons. The van der Waals surface area contributed by atoms with Crippen LogP contribution in [0, 0.1) is 6.92 Å². The quantitative estimate of drug-likeness (QED) is 0.800. The number of ether oxygens (including phenoxy) is 1. The molecule has 0 saturated carbocycles. The number of aryl methyl sites for hydroxylation is 1. The zero-order chi connectivity index (χ0) is 17.5. The normalized spacial score (nSPS) is 10.2. The van der Waals surface area contributed by atoms with Crippen LogP contribution in [0.2, 0.25) is 0 Å². The van der Waals surface area contributed by atoms with Gasteiger partial charge in [0.2, 0.25) is 5.91 Å². The van der Waals surface area contributed by atoms with Crippen LogP contribution in [-0.2, 0) is 22.6 Å². The van der Waals surface area contributed by atoms with Crippen LogP contribution in [0.4, 0.5) is 0 Å². The molecule has 1 N–H and O–H groups in total. The van der Waals surface area contributed by atoms with Crippen molar-refractivity contribution >= 4 is 11.9 Å². The first-order valence-corrected chi connectivity index (χ1v) is 7.57. The minimum Gasteiger partial charge on any atom is -0.462 e. The Balaban J connectivity index is 2.10. The Morgan fingerprint density at radius 3 is 2.62 bits per heavy atom. The molecule has 0 bridgehead atoms. The van der Waals surface area contributed by atoms with E-state index >= 15 is 0 Å². The summed E-state index contributed by atoms with van der Waals surface area (Å²) in [4.78, 5) is 36.1. The first-order valence-electron chi connectivity index (χ1n) is 7.57. The van der Waals surface area contributed by atoms with Gasteiger partial charge in [-0.1, -0.05) is 30.3 Å². The van der Waals surface area contributed by atoms with Crippen LogP contribution in [0.25, 0.3) is 0 Å². The van der Waals surface area contributed by atoms with E-state index in [2.05, 4.69) is 10.4 Å². The Morgan fingerprint density at radius 1 is 1.25 bits per heavy atom. The Bertz CT molecular complexity index is 784. The second-order valence-corrected chi connectivity index (χ2v) is 5.14. The van der Waals surface area contributed by atoms with Crippen molar-refractivity contribution in [2.75, 3.05) is 6.61 Å². The number of nitrogens with zero attached hydrogens (tertiary/aromatic N) is 2. The van der Waals surface area contributed by atoms with E-state index in [1.165, 1.54) is 6.07 Å². The molecule has 0 spiro atoms. The van der Waals surface area contributed by atoms with Crippen molar-refractivity contribution in [3.05, 3.63) is 63.6 Å². The van der Waals surface area contributed by atoms with Crippen LogP contribution in [-0.4, -0.2) is 28.3 Å². The number of hydrogen-bond donors (Lipinski definition) is 1. The standard InChI is InChI=1S/C17H19N3O4/c1-3-24-17(23)14-9-12(2)19-20(16(14)22)11-15(21)18-10-13-7-5-4-6-8-13/h4-9H,3,10-11H2,1-2H3,(H,18,21). The van der Waals surface area contributed by atoms with Crippen molar-refractivity contribution < 1.29 is 14.3 Å². The van der Waals surface area contributed by atoms with Gasteiger partial charge in [0.05, 0.1) is 12.3 Å². The van der Waals surface area contributed by atoms with Gasteiger partial charge in [0.15, 0.2) is 0 Å². The third-order valence-corrected chi connectivity index (χ3v) is 3.22. The van der Waals surface area contributed by atoms with E-state index in [0.29, 0.717) is 12.2 Å². The molecule has 1 aromatic carbocycles. The van der Waals surface area contributed by atoms with Crippen molar-refractivity contribution in [1.82, 2.24) is 15.1 Å². The van der Waals surface area contributed by atoms with Crippen LogP contribution >= 0.6 is 0 Å². The first-order chi connectivity index (χ1) is 11.5. The van der Waals surface area contributed by atoms with Gasteiger partial charge in [-0.3, -0.25) is 9.59 Å². The maximum absolute atomic E-state index is 12.3. The lowest BCUT2D eigenvalue weighted by atomic mass is 10.2. The number of aromatic nitrogens is 2. The van der Waals surface area contributed by atoms with E-state index in [4.69, 9.17) is 4.74 Å². The molecule has 0 fully saturated rings. The monoisotopic (exact) mass is 329 g/mol. The molecule has 2 rings (SSSR count). The molecule has 7 nitrogen and oxygen atoms in total. The minimum absolute atomic E-state index is 0.125. The van der Waals surface area contributed by atoms with Gasteiger partial charge in [0, 0.05) is 6.54 Å². The zero-order valence-corrected chi connectivity index (χ0v) is 13.6. The largest absolute Gasteiger partial charge is 0.462 e. The average molecular weight is 329 g/mol. The van der Waals surface area contributed by atoms with Gasteiger partial charge in [-0.2, -0.15) is 5.10 Å². The second kappa shape index (κ2) is 8.05. The Hall–Kier alpha value is -2.96. The molecule has 0 aliphatic heterocycles. The summed E-state index contributed by atoms with van der Waals surface area (Å²) >= 11 is 0. The summed E-state index contributed by atoms with van der Waals surface area (Å²) in [6, 6.07) is 10.8. The highest BCUT2D eigenvalue weighted by Crippen LogP contribution is 1.99. The van der Waals surface area contributed by atoms with Crippen LogP contribution in [0.1, 0.15) is 28.5 Å². The third-order valence-electron chi connectivity index (χ3n) is 3.22. The van der Waals surface area contributed by atoms with E-state index < -0.39 is 11.5 Å². The Kier molecular flexibility index (Phi) is 5.83. The SMILES string of the molecule is CCOC(=O)c1cc(C)nn(CC(=O)NCc2ccccc2)c1=O. The molecular formula is C17H19N3O4. The molecule has 0 unspecified atom stereocenters. The van der Waals surface area contributed by atoms with E-state index in [-0.39, 0.29) is 24.6 Å². The molecule has 2 aromatic rings. The number of carbonyl (C=O) groups is 2.